The minimum absolute atomic E-state index is 0.0377. The first-order valence-electron chi connectivity index (χ1n) is 12.4. The Morgan fingerprint density at radius 2 is 1.79 bits per heavy atom. The largest absolute Gasteiger partial charge is 0.469 e. The van der Waals surface area contributed by atoms with Crippen LogP contribution in [0.15, 0.2) is 48.5 Å². The van der Waals surface area contributed by atoms with E-state index in [2.05, 4.69) is 0 Å². The molecule has 8 nitrogen and oxygen atoms in total. The van der Waals surface area contributed by atoms with E-state index < -0.39 is 46.0 Å². The highest BCUT2D eigenvalue weighted by atomic mass is 35.5. The van der Waals surface area contributed by atoms with Gasteiger partial charge in [0.2, 0.25) is 0 Å². The van der Waals surface area contributed by atoms with Crippen LogP contribution in [-0.4, -0.2) is 81.5 Å². The molecule has 2 aromatic carbocycles. The SMILES string of the molecule is CCC(CS(=O)(=O)CCN(C)C)N1C(=O)[C@@H](CC(=O)OC)O[C@H](c2cccc(Cl)c2)[C@H]1c1ccc(Cl)cc1. The quantitative estimate of drug-likeness (QED) is 0.363. The summed E-state index contributed by atoms with van der Waals surface area (Å²) >= 11 is 12.5. The molecule has 1 aliphatic rings. The Morgan fingerprint density at radius 3 is 2.37 bits per heavy atom. The Balaban J connectivity index is 2.14. The minimum Gasteiger partial charge on any atom is -0.469 e. The van der Waals surface area contributed by atoms with Crippen molar-refractivity contribution in [3.8, 4) is 0 Å². The van der Waals surface area contributed by atoms with Crippen LogP contribution >= 0.6 is 23.2 Å². The van der Waals surface area contributed by atoms with Crippen molar-refractivity contribution in [1.29, 1.82) is 0 Å². The fraction of sp³-hybridized carbons (Fsp3) is 0.481. The summed E-state index contributed by atoms with van der Waals surface area (Å²) in [6.45, 7) is 2.21. The fourth-order valence-electron chi connectivity index (χ4n) is 4.57. The summed E-state index contributed by atoms with van der Waals surface area (Å²) in [4.78, 5) is 29.6. The van der Waals surface area contributed by atoms with Crippen molar-refractivity contribution in [3.63, 3.8) is 0 Å². The smallest absolute Gasteiger partial charge is 0.308 e. The average molecular weight is 586 g/mol. The van der Waals surface area contributed by atoms with Gasteiger partial charge >= 0.3 is 5.97 Å². The maximum Gasteiger partial charge on any atom is 0.308 e. The van der Waals surface area contributed by atoms with E-state index in [4.69, 9.17) is 32.7 Å². The molecule has 0 radical (unpaired) electrons. The lowest BCUT2D eigenvalue weighted by molar-refractivity contribution is -0.183. The Hall–Kier alpha value is -2.17. The van der Waals surface area contributed by atoms with Gasteiger partial charge < -0.3 is 19.3 Å². The summed E-state index contributed by atoms with van der Waals surface area (Å²) in [5.74, 6) is -1.34. The lowest BCUT2D eigenvalue weighted by Crippen LogP contribution is -2.56. The van der Waals surface area contributed by atoms with Gasteiger partial charge in [0.05, 0.1) is 31.1 Å². The van der Waals surface area contributed by atoms with E-state index in [0.29, 0.717) is 34.1 Å². The van der Waals surface area contributed by atoms with Crippen LogP contribution in [0.2, 0.25) is 10.0 Å². The van der Waals surface area contributed by atoms with Gasteiger partial charge in [0.25, 0.3) is 5.91 Å². The number of sulfone groups is 1. The summed E-state index contributed by atoms with van der Waals surface area (Å²) in [5, 5.41) is 0.997. The maximum absolute atomic E-state index is 14.0. The molecule has 0 aromatic heterocycles. The topological polar surface area (TPSA) is 93.2 Å². The summed E-state index contributed by atoms with van der Waals surface area (Å²) in [6.07, 6.45) is -1.82. The molecule has 1 aliphatic heterocycles. The zero-order valence-corrected chi connectivity index (χ0v) is 24.3. The third kappa shape index (κ3) is 7.70. The fourth-order valence-corrected chi connectivity index (χ4v) is 6.69. The highest BCUT2D eigenvalue weighted by Gasteiger charge is 2.47. The van der Waals surface area contributed by atoms with Gasteiger partial charge in [-0.3, -0.25) is 9.59 Å². The van der Waals surface area contributed by atoms with E-state index in [1.807, 2.05) is 27.1 Å². The second-order valence-electron chi connectivity index (χ2n) is 9.60. The molecule has 38 heavy (non-hydrogen) atoms. The Kier molecular flexibility index (Phi) is 10.6. The normalized spacial score (nSPS) is 21.0. The number of carbonyl (C=O) groups excluding carboxylic acids is 2. The Morgan fingerprint density at radius 1 is 1.11 bits per heavy atom. The number of methoxy groups -OCH3 is 1. The average Bonchev–Trinajstić information content (AvgIpc) is 2.87. The van der Waals surface area contributed by atoms with Crippen molar-refractivity contribution in [1.82, 2.24) is 9.80 Å². The Labute approximate surface area is 234 Å². The lowest BCUT2D eigenvalue weighted by Gasteiger charge is -2.48. The molecule has 0 spiro atoms. The second-order valence-corrected chi connectivity index (χ2v) is 12.7. The molecule has 1 saturated heterocycles. The van der Waals surface area contributed by atoms with Crippen molar-refractivity contribution < 1.29 is 27.5 Å². The van der Waals surface area contributed by atoms with Crippen molar-refractivity contribution in [2.45, 2.75) is 44.1 Å². The second kappa shape index (κ2) is 13.3. The zero-order valence-electron chi connectivity index (χ0n) is 22.0. The predicted molar refractivity (Wildman–Crippen MR) is 148 cm³/mol. The van der Waals surface area contributed by atoms with Crippen LogP contribution in [0.25, 0.3) is 0 Å². The zero-order chi connectivity index (χ0) is 28.0. The molecule has 1 amide bonds. The van der Waals surface area contributed by atoms with Gasteiger partial charge in [-0.25, -0.2) is 8.42 Å². The number of ether oxygens (including phenoxy) is 2. The molecule has 2 aromatic rings. The molecule has 3 rings (SSSR count). The van der Waals surface area contributed by atoms with E-state index in [0.717, 1.165) is 0 Å². The molecule has 4 atom stereocenters. The van der Waals surface area contributed by atoms with Crippen molar-refractivity contribution >= 4 is 44.9 Å². The van der Waals surface area contributed by atoms with E-state index in [1.54, 1.807) is 52.3 Å². The first-order chi connectivity index (χ1) is 18.0. The Bertz CT molecular complexity index is 1220. The maximum atomic E-state index is 14.0. The molecule has 1 heterocycles. The van der Waals surface area contributed by atoms with E-state index >= 15 is 0 Å². The number of hydrogen-bond donors (Lipinski definition) is 0. The van der Waals surface area contributed by atoms with Crippen LogP contribution in [0.5, 0.6) is 0 Å². The van der Waals surface area contributed by atoms with Gasteiger partial charge in [-0.05, 0) is 55.9 Å². The van der Waals surface area contributed by atoms with E-state index in [9.17, 15) is 18.0 Å². The third-order valence-corrected chi connectivity index (χ3v) is 8.74. The van der Waals surface area contributed by atoms with Gasteiger partial charge in [-0.1, -0.05) is 54.4 Å². The van der Waals surface area contributed by atoms with Crippen LogP contribution in [0.1, 0.15) is 43.0 Å². The molecule has 208 valence electrons. The highest BCUT2D eigenvalue weighted by Crippen LogP contribution is 2.44. The standard InChI is InChI=1S/C27H34Cl2N2O6S/c1-5-22(17-38(34,35)14-13-30(2)3)31-25(18-9-11-20(28)12-10-18)26(19-7-6-8-21(29)15-19)37-23(27(31)33)16-24(32)36-4/h6-12,15,22-23,25-26H,5,13-14,16-17H2,1-4H3/t22?,23-,25-,26-/m1/s1. The van der Waals surface area contributed by atoms with Crippen LogP contribution in [0, 0.1) is 0 Å². The number of morpholine rings is 1. The van der Waals surface area contributed by atoms with Crippen molar-refractivity contribution in [3.05, 3.63) is 69.7 Å². The molecule has 0 bridgehead atoms. The summed E-state index contributed by atoms with van der Waals surface area (Å²) in [5.41, 5.74) is 1.41. The summed E-state index contributed by atoms with van der Waals surface area (Å²) in [7, 11) is 1.34. The predicted octanol–water partition coefficient (Wildman–Crippen LogP) is 4.32. The molecule has 1 unspecified atom stereocenters. The van der Waals surface area contributed by atoms with Crippen LogP contribution in [-0.2, 0) is 28.9 Å². The van der Waals surface area contributed by atoms with E-state index in [1.165, 1.54) is 7.11 Å². The first-order valence-corrected chi connectivity index (χ1v) is 14.9. The van der Waals surface area contributed by atoms with E-state index in [-0.39, 0.29) is 17.9 Å². The molecule has 0 saturated carbocycles. The first kappa shape index (κ1) is 30.4. The molecule has 1 fully saturated rings. The van der Waals surface area contributed by atoms with Crippen LogP contribution < -0.4 is 0 Å². The molecule has 0 aliphatic carbocycles. The van der Waals surface area contributed by atoms with Gasteiger partial charge in [0.15, 0.2) is 9.84 Å². The monoisotopic (exact) mass is 584 g/mol. The molecule has 0 N–H and O–H groups in total. The number of halogens is 2. The number of esters is 1. The lowest BCUT2D eigenvalue weighted by atomic mass is 9.89. The van der Waals surface area contributed by atoms with Gasteiger partial charge in [0.1, 0.15) is 12.2 Å². The molecule has 11 heteroatoms. The summed E-state index contributed by atoms with van der Waals surface area (Å²) < 4.78 is 37.4. The van der Waals surface area contributed by atoms with Gasteiger partial charge in [-0.15, -0.1) is 0 Å². The van der Waals surface area contributed by atoms with Crippen LogP contribution in [0.3, 0.4) is 0 Å². The third-order valence-electron chi connectivity index (χ3n) is 6.56. The molecular weight excluding hydrogens is 551 g/mol. The van der Waals surface area contributed by atoms with Gasteiger partial charge in [-0.2, -0.15) is 0 Å². The number of amides is 1. The number of nitrogens with zero attached hydrogens (tertiary/aromatic N) is 2. The number of rotatable bonds is 11. The number of hydrogen-bond acceptors (Lipinski definition) is 7. The minimum atomic E-state index is -3.52. The van der Waals surface area contributed by atoms with Gasteiger partial charge in [0, 0.05) is 22.6 Å². The number of carbonyl (C=O) groups is 2. The van der Waals surface area contributed by atoms with Crippen molar-refractivity contribution in [2.75, 3.05) is 39.3 Å². The number of benzene rings is 2. The van der Waals surface area contributed by atoms with Crippen LogP contribution in [0.4, 0.5) is 0 Å². The molecular formula is C27H34Cl2N2O6S. The summed E-state index contributed by atoms with van der Waals surface area (Å²) in [6, 6.07) is 12.7. The van der Waals surface area contributed by atoms with Crippen molar-refractivity contribution in [2.24, 2.45) is 0 Å². The highest BCUT2D eigenvalue weighted by molar-refractivity contribution is 7.91.